The first kappa shape index (κ1) is 18.6. The van der Waals surface area contributed by atoms with Crippen LogP contribution < -0.4 is 5.32 Å². The Hall–Kier alpha value is -2.14. The summed E-state index contributed by atoms with van der Waals surface area (Å²) in [5.74, 6) is -0.160. The molecular weight excluding hydrogens is 388 g/mol. The highest BCUT2D eigenvalue weighted by molar-refractivity contribution is 8.00. The number of halogens is 1. The maximum Gasteiger partial charge on any atom is 0.237 e. The average Bonchev–Trinajstić information content (AvgIpc) is 2.90. The zero-order chi connectivity index (χ0) is 18.8. The highest BCUT2D eigenvalue weighted by Gasteiger charge is 2.19. The number of carbonyl (C=O) groups is 1. The minimum atomic E-state index is -0.359. The molecule has 0 aliphatic rings. The van der Waals surface area contributed by atoms with Gasteiger partial charge >= 0.3 is 0 Å². The molecular formula is C18H15ClN4OS2. The van der Waals surface area contributed by atoms with Gasteiger partial charge in [-0.1, -0.05) is 23.4 Å². The predicted octanol–water partition coefficient (Wildman–Crippen LogP) is 4.95. The van der Waals surface area contributed by atoms with Crippen LogP contribution in [0.3, 0.4) is 0 Å². The fraction of sp³-hybridized carbons (Fsp3) is 0.222. The van der Waals surface area contributed by atoms with Gasteiger partial charge in [0.05, 0.1) is 15.8 Å². The lowest BCUT2D eigenvalue weighted by Crippen LogP contribution is -2.22. The third-order valence-electron chi connectivity index (χ3n) is 3.95. The third-order valence-corrected chi connectivity index (χ3v) is 6.47. The number of hydrogen-bond donors (Lipinski definition) is 1. The average molecular weight is 403 g/mol. The molecule has 0 aliphatic heterocycles. The van der Waals surface area contributed by atoms with E-state index in [2.05, 4.69) is 22.2 Å². The Labute approximate surface area is 164 Å². The molecule has 0 spiro atoms. The smallest absolute Gasteiger partial charge is 0.237 e. The van der Waals surface area contributed by atoms with Crippen LogP contribution in [-0.4, -0.2) is 21.1 Å². The van der Waals surface area contributed by atoms with E-state index in [1.165, 1.54) is 23.0 Å². The molecule has 1 atom stereocenters. The summed E-state index contributed by atoms with van der Waals surface area (Å²) >= 11 is 9.04. The molecule has 1 N–H and O–H groups in total. The number of thiophene rings is 1. The van der Waals surface area contributed by atoms with Gasteiger partial charge in [0.1, 0.15) is 22.3 Å². The summed E-state index contributed by atoms with van der Waals surface area (Å²) in [5.41, 5.74) is 2.08. The summed E-state index contributed by atoms with van der Waals surface area (Å²) < 4.78 is 0. The van der Waals surface area contributed by atoms with Crippen LogP contribution in [-0.2, 0) is 4.79 Å². The number of nitrogens with zero attached hydrogens (tertiary/aromatic N) is 3. The maximum atomic E-state index is 12.5. The summed E-state index contributed by atoms with van der Waals surface area (Å²) in [6.45, 7) is 5.93. The molecule has 0 saturated carbocycles. The zero-order valence-corrected chi connectivity index (χ0v) is 16.7. The van der Waals surface area contributed by atoms with Crippen molar-refractivity contribution >= 4 is 56.5 Å². The standard InChI is InChI=1S/C18H15ClN4OS2/c1-9-10(2)25-17-15(9)18(22-8-21-17)26-11(3)16(24)23-13-5-4-12(7-20)14(19)6-13/h4-6,8,11H,1-3H3,(H,23,24)/t11-/m1/s1. The first-order chi connectivity index (χ1) is 12.4. The van der Waals surface area contributed by atoms with Gasteiger partial charge in [0.2, 0.25) is 5.91 Å². The number of aromatic nitrogens is 2. The highest BCUT2D eigenvalue weighted by Crippen LogP contribution is 2.36. The summed E-state index contributed by atoms with van der Waals surface area (Å²) in [4.78, 5) is 23.4. The van der Waals surface area contributed by atoms with E-state index in [0.29, 0.717) is 16.3 Å². The van der Waals surface area contributed by atoms with Crippen LogP contribution >= 0.6 is 34.7 Å². The molecule has 0 radical (unpaired) electrons. The van der Waals surface area contributed by atoms with E-state index in [1.54, 1.807) is 29.5 Å². The maximum absolute atomic E-state index is 12.5. The van der Waals surface area contributed by atoms with Gasteiger partial charge in [0.25, 0.3) is 0 Å². The number of carbonyl (C=O) groups excluding carboxylic acids is 1. The summed E-state index contributed by atoms with van der Waals surface area (Å²) in [7, 11) is 0. The van der Waals surface area contributed by atoms with Crippen molar-refractivity contribution in [2.75, 3.05) is 5.32 Å². The Kier molecular flexibility index (Phi) is 5.47. The number of anilines is 1. The molecule has 0 bridgehead atoms. The molecule has 1 aromatic carbocycles. The normalized spacial score (nSPS) is 12.0. The first-order valence-corrected chi connectivity index (χ1v) is 9.86. The van der Waals surface area contributed by atoms with Crippen LogP contribution in [0.1, 0.15) is 22.9 Å². The lowest BCUT2D eigenvalue weighted by atomic mass is 10.2. The Balaban J connectivity index is 1.78. The van der Waals surface area contributed by atoms with Crippen molar-refractivity contribution in [1.29, 1.82) is 5.26 Å². The second-order valence-electron chi connectivity index (χ2n) is 5.70. The molecule has 0 fully saturated rings. The number of benzene rings is 1. The molecule has 0 aliphatic carbocycles. The van der Waals surface area contributed by atoms with Crippen LogP contribution in [0.5, 0.6) is 0 Å². The van der Waals surface area contributed by atoms with Gasteiger partial charge in [-0.3, -0.25) is 4.79 Å². The largest absolute Gasteiger partial charge is 0.325 e. The van der Waals surface area contributed by atoms with Crippen molar-refractivity contribution in [3.8, 4) is 6.07 Å². The molecule has 5 nitrogen and oxygen atoms in total. The van der Waals surface area contributed by atoms with E-state index in [9.17, 15) is 4.79 Å². The van der Waals surface area contributed by atoms with E-state index in [0.717, 1.165) is 20.8 Å². The molecule has 2 aromatic heterocycles. The molecule has 3 rings (SSSR count). The number of nitriles is 1. The van der Waals surface area contributed by atoms with Crippen molar-refractivity contribution < 1.29 is 4.79 Å². The van der Waals surface area contributed by atoms with E-state index in [1.807, 2.05) is 19.9 Å². The Morgan fingerprint density at radius 2 is 2.15 bits per heavy atom. The monoisotopic (exact) mass is 402 g/mol. The van der Waals surface area contributed by atoms with Gasteiger partial charge in [-0.15, -0.1) is 11.3 Å². The Morgan fingerprint density at radius 1 is 1.38 bits per heavy atom. The quantitative estimate of drug-likeness (QED) is 0.493. The van der Waals surface area contributed by atoms with Gasteiger partial charge in [0.15, 0.2) is 0 Å². The van der Waals surface area contributed by atoms with Crippen molar-refractivity contribution in [1.82, 2.24) is 9.97 Å². The van der Waals surface area contributed by atoms with E-state index in [-0.39, 0.29) is 11.2 Å². The number of thioether (sulfide) groups is 1. The molecule has 8 heteroatoms. The lowest BCUT2D eigenvalue weighted by molar-refractivity contribution is -0.115. The van der Waals surface area contributed by atoms with Crippen molar-refractivity contribution in [2.45, 2.75) is 31.0 Å². The van der Waals surface area contributed by atoms with Crippen LogP contribution in [0.15, 0.2) is 29.6 Å². The molecule has 1 amide bonds. The molecule has 0 saturated heterocycles. The van der Waals surface area contributed by atoms with Gasteiger partial charge in [-0.25, -0.2) is 9.97 Å². The first-order valence-electron chi connectivity index (χ1n) is 7.78. The number of fused-ring (bicyclic) bond motifs is 1. The number of hydrogen-bond acceptors (Lipinski definition) is 6. The number of rotatable bonds is 4. The van der Waals surface area contributed by atoms with Crippen LogP contribution in [0.4, 0.5) is 5.69 Å². The van der Waals surface area contributed by atoms with Crippen LogP contribution in [0.25, 0.3) is 10.2 Å². The number of aryl methyl sites for hydroxylation is 2. The number of nitrogens with one attached hydrogen (secondary N) is 1. The van der Waals surface area contributed by atoms with Gasteiger partial charge in [-0.05, 0) is 44.5 Å². The fourth-order valence-corrected chi connectivity index (χ4v) is 4.65. The minimum absolute atomic E-state index is 0.160. The Bertz CT molecular complexity index is 1040. The molecule has 2 heterocycles. The van der Waals surface area contributed by atoms with Crippen molar-refractivity contribution in [2.24, 2.45) is 0 Å². The van der Waals surface area contributed by atoms with E-state index >= 15 is 0 Å². The van der Waals surface area contributed by atoms with Gasteiger partial charge in [0, 0.05) is 16.0 Å². The topological polar surface area (TPSA) is 78.7 Å². The minimum Gasteiger partial charge on any atom is -0.325 e. The zero-order valence-electron chi connectivity index (χ0n) is 14.3. The second kappa shape index (κ2) is 7.62. The number of amides is 1. The van der Waals surface area contributed by atoms with Crippen LogP contribution in [0.2, 0.25) is 5.02 Å². The summed E-state index contributed by atoms with van der Waals surface area (Å²) in [5, 5.41) is 13.5. The van der Waals surface area contributed by atoms with Crippen molar-refractivity contribution in [3.63, 3.8) is 0 Å². The Morgan fingerprint density at radius 3 is 2.85 bits per heavy atom. The lowest BCUT2D eigenvalue weighted by Gasteiger charge is -2.12. The third kappa shape index (κ3) is 3.68. The second-order valence-corrected chi connectivity index (χ2v) is 8.64. The van der Waals surface area contributed by atoms with Crippen LogP contribution in [0, 0.1) is 25.2 Å². The summed E-state index contributed by atoms with van der Waals surface area (Å²) in [6.07, 6.45) is 1.53. The molecule has 26 heavy (non-hydrogen) atoms. The molecule has 3 aromatic rings. The predicted molar refractivity (Wildman–Crippen MR) is 107 cm³/mol. The fourth-order valence-electron chi connectivity index (χ4n) is 2.39. The molecule has 132 valence electrons. The van der Waals surface area contributed by atoms with E-state index in [4.69, 9.17) is 16.9 Å². The summed E-state index contributed by atoms with van der Waals surface area (Å²) in [6, 6.07) is 6.81. The van der Waals surface area contributed by atoms with E-state index < -0.39 is 0 Å². The SMILES string of the molecule is Cc1sc2ncnc(S[C@H](C)C(=O)Nc3ccc(C#N)c(Cl)c3)c2c1C. The van der Waals surface area contributed by atoms with Gasteiger partial charge in [-0.2, -0.15) is 5.26 Å². The highest BCUT2D eigenvalue weighted by atomic mass is 35.5. The van der Waals surface area contributed by atoms with Crippen molar-refractivity contribution in [3.05, 3.63) is 45.6 Å². The molecule has 0 unspecified atom stereocenters. The van der Waals surface area contributed by atoms with Gasteiger partial charge < -0.3 is 5.32 Å².